The minimum Gasteiger partial charge on any atom is -0.460 e. The van der Waals surface area contributed by atoms with Gasteiger partial charge >= 0.3 is 5.97 Å². The first kappa shape index (κ1) is 16.1. The molecule has 0 amide bonds. The van der Waals surface area contributed by atoms with Crippen LogP contribution in [0.25, 0.3) is 0 Å². The zero-order chi connectivity index (χ0) is 13.5. The number of carbonyl (C=O) groups is 1. The second-order valence-corrected chi connectivity index (χ2v) is 4.89. The summed E-state index contributed by atoms with van der Waals surface area (Å²) in [5, 5.41) is 8.87. The summed E-state index contributed by atoms with van der Waals surface area (Å²) in [6, 6.07) is -0.186. The van der Waals surface area contributed by atoms with E-state index in [4.69, 9.17) is 14.6 Å². The van der Waals surface area contributed by atoms with E-state index in [0.29, 0.717) is 0 Å². The third-order valence-corrected chi connectivity index (χ3v) is 1.87. The molecule has 0 rings (SSSR count). The highest BCUT2D eigenvalue weighted by molar-refractivity contribution is 5.71. The van der Waals surface area contributed by atoms with Crippen molar-refractivity contribution in [2.24, 2.45) is 4.99 Å². The highest BCUT2D eigenvalue weighted by Gasteiger charge is 2.17. The van der Waals surface area contributed by atoms with E-state index in [1.807, 2.05) is 27.7 Å². The first-order valence-electron chi connectivity index (χ1n) is 5.67. The minimum atomic E-state index is -0.472. The molecule has 0 aliphatic heterocycles. The molecule has 1 N–H and O–H groups in total. The molecule has 0 fully saturated rings. The summed E-state index contributed by atoms with van der Waals surface area (Å²) in [4.78, 5) is 15.6. The van der Waals surface area contributed by atoms with Crippen LogP contribution in [0.2, 0.25) is 0 Å². The molecule has 1 unspecified atom stereocenters. The summed E-state index contributed by atoms with van der Waals surface area (Å²) in [5.74, 6) is -0.278. The highest BCUT2D eigenvalue weighted by atomic mass is 16.6. The largest absolute Gasteiger partial charge is 0.460 e. The van der Waals surface area contributed by atoms with Gasteiger partial charge in [0.2, 0.25) is 0 Å². The van der Waals surface area contributed by atoms with Crippen molar-refractivity contribution < 1.29 is 19.4 Å². The fourth-order valence-electron chi connectivity index (χ4n) is 1.10. The molecule has 100 valence electrons. The van der Waals surface area contributed by atoms with E-state index in [9.17, 15) is 4.79 Å². The minimum absolute atomic E-state index is 0.126. The zero-order valence-corrected chi connectivity index (χ0v) is 11.3. The van der Waals surface area contributed by atoms with Crippen LogP contribution in [-0.2, 0) is 14.3 Å². The van der Waals surface area contributed by atoms with Crippen LogP contribution in [0.4, 0.5) is 0 Å². The van der Waals surface area contributed by atoms with E-state index in [2.05, 4.69) is 4.99 Å². The van der Waals surface area contributed by atoms with Crippen molar-refractivity contribution >= 4 is 12.2 Å². The number of ether oxygens (including phenoxy) is 2. The molecular formula is C12H23NO4. The van der Waals surface area contributed by atoms with Gasteiger partial charge in [-0.3, -0.25) is 9.79 Å². The summed E-state index contributed by atoms with van der Waals surface area (Å²) < 4.78 is 10.1. The smallest absolute Gasteiger partial charge is 0.308 e. The molecule has 0 aromatic heterocycles. The number of aliphatic hydroxyl groups excluding tert-OH is 1. The fourth-order valence-corrected chi connectivity index (χ4v) is 1.10. The molecule has 0 aliphatic rings. The maximum absolute atomic E-state index is 11.5. The van der Waals surface area contributed by atoms with Gasteiger partial charge in [0.15, 0.2) is 0 Å². The van der Waals surface area contributed by atoms with Gasteiger partial charge < -0.3 is 14.6 Å². The Morgan fingerprint density at radius 2 is 2.06 bits per heavy atom. The molecule has 0 saturated carbocycles. The van der Waals surface area contributed by atoms with Crippen molar-refractivity contribution in [1.82, 2.24) is 0 Å². The van der Waals surface area contributed by atoms with Crippen molar-refractivity contribution in [1.29, 1.82) is 0 Å². The third kappa shape index (κ3) is 8.83. The molecule has 0 aromatic rings. The van der Waals surface area contributed by atoms with Gasteiger partial charge in [0.05, 0.1) is 19.1 Å². The van der Waals surface area contributed by atoms with E-state index in [1.54, 1.807) is 0 Å². The van der Waals surface area contributed by atoms with Crippen molar-refractivity contribution in [3.63, 3.8) is 0 Å². The normalized spacial score (nSPS) is 15.9. The SMILES string of the molecule is COC(/C=N/[C@H](C)CC(=O)OC(C)(C)C)CO. The number of hydrogen-bond donors (Lipinski definition) is 1. The summed E-state index contributed by atoms with van der Waals surface area (Å²) in [6.07, 6.45) is 1.31. The van der Waals surface area contributed by atoms with Gasteiger partial charge in [-0.05, 0) is 27.7 Å². The van der Waals surface area contributed by atoms with E-state index in [0.717, 1.165) is 0 Å². The van der Waals surface area contributed by atoms with Crippen LogP contribution >= 0.6 is 0 Å². The third-order valence-electron chi connectivity index (χ3n) is 1.87. The van der Waals surface area contributed by atoms with Crippen LogP contribution in [0.5, 0.6) is 0 Å². The maximum atomic E-state index is 11.5. The number of esters is 1. The first-order chi connectivity index (χ1) is 7.78. The molecule has 5 nitrogen and oxygen atoms in total. The van der Waals surface area contributed by atoms with Gasteiger partial charge in [0.25, 0.3) is 0 Å². The molecule has 0 bridgehead atoms. The molecule has 0 aliphatic carbocycles. The van der Waals surface area contributed by atoms with Crippen molar-refractivity contribution in [3.05, 3.63) is 0 Å². The monoisotopic (exact) mass is 245 g/mol. The Labute approximate surface area is 103 Å². The van der Waals surface area contributed by atoms with Gasteiger partial charge in [-0.15, -0.1) is 0 Å². The van der Waals surface area contributed by atoms with Crippen molar-refractivity contribution in [2.75, 3.05) is 13.7 Å². The Morgan fingerprint density at radius 3 is 2.47 bits per heavy atom. The van der Waals surface area contributed by atoms with Gasteiger partial charge in [0, 0.05) is 13.3 Å². The number of aliphatic imine (C=N–C) groups is 1. The quantitative estimate of drug-likeness (QED) is 0.563. The molecular weight excluding hydrogens is 222 g/mol. The van der Waals surface area contributed by atoms with Gasteiger partial charge in [-0.25, -0.2) is 0 Å². The average molecular weight is 245 g/mol. The van der Waals surface area contributed by atoms with Crippen LogP contribution in [0.3, 0.4) is 0 Å². The Hall–Kier alpha value is -0.940. The summed E-state index contributed by atoms with van der Waals surface area (Å²) in [7, 11) is 1.49. The highest BCUT2D eigenvalue weighted by Crippen LogP contribution is 2.10. The van der Waals surface area contributed by atoms with Crippen LogP contribution in [0.15, 0.2) is 4.99 Å². The Kier molecular flexibility index (Phi) is 6.99. The molecule has 5 heteroatoms. The van der Waals surface area contributed by atoms with E-state index in [-0.39, 0.29) is 25.0 Å². The number of rotatable bonds is 6. The number of nitrogens with zero attached hydrogens (tertiary/aromatic N) is 1. The molecule has 2 atom stereocenters. The van der Waals surface area contributed by atoms with Crippen LogP contribution < -0.4 is 0 Å². The number of hydrogen-bond acceptors (Lipinski definition) is 5. The van der Waals surface area contributed by atoms with Gasteiger partial charge in [-0.1, -0.05) is 0 Å². The maximum Gasteiger partial charge on any atom is 0.308 e. The molecule has 0 heterocycles. The lowest BCUT2D eigenvalue weighted by atomic mass is 10.2. The lowest BCUT2D eigenvalue weighted by molar-refractivity contribution is -0.155. The summed E-state index contributed by atoms with van der Waals surface area (Å²) in [5.41, 5.74) is -0.472. The van der Waals surface area contributed by atoms with Crippen molar-refractivity contribution in [3.8, 4) is 0 Å². The molecule has 0 saturated heterocycles. The lowest BCUT2D eigenvalue weighted by Gasteiger charge is -2.20. The molecule has 0 spiro atoms. The standard InChI is InChI=1S/C12H23NO4/c1-9(13-7-10(8-14)16-5)6-11(15)17-12(2,3)4/h7,9-10,14H,6,8H2,1-5H3/b13-7+/t9-,10?/m1/s1. The topological polar surface area (TPSA) is 68.1 Å². The molecule has 17 heavy (non-hydrogen) atoms. The molecule has 0 radical (unpaired) electrons. The zero-order valence-electron chi connectivity index (χ0n) is 11.3. The first-order valence-corrected chi connectivity index (χ1v) is 5.67. The predicted octanol–water partition coefficient (Wildman–Crippen LogP) is 1.18. The van der Waals surface area contributed by atoms with Gasteiger partial charge in [0.1, 0.15) is 11.7 Å². The van der Waals surface area contributed by atoms with Crippen molar-refractivity contribution in [2.45, 2.75) is 51.9 Å². The number of methoxy groups -OCH3 is 1. The Bertz CT molecular complexity index is 254. The Balaban J connectivity index is 4.09. The lowest BCUT2D eigenvalue weighted by Crippen LogP contribution is -2.26. The van der Waals surface area contributed by atoms with Crippen LogP contribution in [0, 0.1) is 0 Å². The van der Waals surface area contributed by atoms with Gasteiger partial charge in [-0.2, -0.15) is 0 Å². The van der Waals surface area contributed by atoms with Crippen LogP contribution in [0.1, 0.15) is 34.1 Å². The second kappa shape index (κ2) is 7.40. The second-order valence-electron chi connectivity index (χ2n) is 4.89. The number of carbonyl (C=O) groups excluding carboxylic acids is 1. The van der Waals surface area contributed by atoms with E-state index >= 15 is 0 Å². The molecule has 0 aromatic carbocycles. The fraction of sp³-hybridized carbons (Fsp3) is 0.833. The number of aliphatic hydroxyl groups is 1. The summed E-state index contributed by atoms with van der Waals surface area (Å²) >= 11 is 0. The summed E-state index contributed by atoms with van der Waals surface area (Å²) in [6.45, 7) is 7.16. The van der Waals surface area contributed by atoms with E-state index < -0.39 is 11.7 Å². The van der Waals surface area contributed by atoms with E-state index in [1.165, 1.54) is 13.3 Å². The predicted molar refractivity (Wildman–Crippen MR) is 66.3 cm³/mol. The average Bonchev–Trinajstić information content (AvgIpc) is 2.16. The van der Waals surface area contributed by atoms with Crippen LogP contribution in [-0.4, -0.2) is 48.8 Å². The Morgan fingerprint density at radius 1 is 1.47 bits per heavy atom.